The molecule has 0 saturated carbocycles. The van der Waals surface area contributed by atoms with Crippen molar-refractivity contribution in [3.05, 3.63) is 11.6 Å². The van der Waals surface area contributed by atoms with Gasteiger partial charge in [-0.05, 0) is 47.0 Å². The summed E-state index contributed by atoms with van der Waals surface area (Å²) in [6, 6.07) is 0.228. The van der Waals surface area contributed by atoms with Crippen LogP contribution in [0.25, 0.3) is 0 Å². The van der Waals surface area contributed by atoms with Gasteiger partial charge in [0.05, 0.1) is 12.1 Å². The largest absolute Gasteiger partial charge is 0.444 e. The van der Waals surface area contributed by atoms with Crippen molar-refractivity contribution in [2.24, 2.45) is 4.99 Å². The van der Waals surface area contributed by atoms with Gasteiger partial charge >= 0.3 is 6.09 Å². The van der Waals surface area contributed by atoms with E-state index in [1.807, 2.05) is 32.4 Å². The third-order valence-corrected chi connectivity index (χ3v) is 5.24. The molecule has 1 atom stereocenters. The number of aromatic nitrogens is 3. The molecule has 0 saturated heterocycles. The summed E-state index contributed by atoms with van der Waals surface area (Å²) in [5.41, 5.74) is -0.940. The summed E-state index contributed by atoms with van der Waals surface area (Å²) in [5.74, 6) is 2.57. The molecule has 0 bridgehead atoms. The van der Waals surface area contributed by atoms with Crippen LogP contribution in [0, 0.1) is 6.92 Å². The molecule has 1 aliphatic heterocycles. The average Bonchev–Trinajstić information content (AvgIpc) is 3.01. The molecule has 1 unspecified atom stereocenters. The van der Waals surface area contributed by atoms with Gasteiger partial charge in [0.1, 0.15) is 17.2 Å². The molecule has 0 aromatic carbocycles. The molecule has 1 aromatic rings. The maximum atomic E-state index is 12.3. The lowest BCUT2D eigenvalue weighted by Crippen LogP contribution is -2.58. The van der Waals surface area contributed by atoms with Gasteiger partial charge in [0, 0.05) is 26.1 Å². The van der Waals surface area contributed by atoms with Crippen LogP contribution in [0.2, 0.25) is 0 Å². The molecule has 1 aromatic heterocycles. The number of aryl methyl sites for hydroxylation is 2. The first-order valence-corrected chi connectivity index (χ1v) is 10.5. The highest BCUT2D eigenvalue weighted by Gasteiger charge is 2.31. The van der Waals surface area contributed by atoms with E-state index in [4.69, 9.17) is 4.74 Å². The molecule has 1 amide bonds. The zero-order valence-electron chi connectivity index (χ0n) is 19.3. The molecule has 2 rings (SSSR count). The first kappa shape index (κ1) is 26.4. The molecule has 10 heteroatoms. The molecular formula is C20H38IN7O2. The fourth-order valence-electron chi connectivity index (χ4n) is 3.43. The van der Waals surface area contributed by atoms with E-state index in [1.165, 1.54) is 0 Å². The molecular weight excluding hydrogens is 497 g/mol. The Morgan fingerprint density at radius 3 is 2.53 bits per heavy atom. The lowest BCUT2D eigenvalue weighted by Gasteiger charge is -2.35. The van der Waals surface area contributed by atoms with Crippen molar-refractivity contribution in [2.45, 2.75) is 91.0 Å². The molecule has 30 heavy (non-hydrogen) atoms. The first-order valence-electron chi connectivity index (χ1n) is 10.5. The lowest BCUT2D eigenvalue weighted by molar-refractivity contribution is 0.0448. The Balaban J connectivity index is 0.00000450. The van der Waals surface area contributed by atoms with E-state index in [-0.39, 0.29) is 30.0 Å². The number of halogens is 1. The number of carbonyl (C=O) groups excluding carboxylic acids is 1. The van der Waals surface area contributed by atoms with E-state index in [1.54, 1.807) is 7.05 Å². The van der Waals surface area contributed by atoms with E-state index >= 15 is 0 Å². The number of fused-ring (bicyclic) bond motifs is 1. The average molecular weight is 535 g/mol. The predicted molar refractivity (Wildman–Crippen MR) is 129 cm³/mol. The van der Waals surface area contributed by atoms with Crippen molar-refractivity contribution in [2.75, 3.05) is 13.6 Å². The molecule has 1 aliphatic rings. The number of hydrogen-bond donors (Lipinski definition) is 3. The summed E-state index contributed by atoms with van der Waals surface area (Å²) in [5, 5.41) is 14.4. The fourth-order valence-corrected chi connectivity index (χ4v) is 3.43. The SMILES string of the molecule is CCC(CC)(CNC(=NC)NC1CCc2nc(C)nn2C1)NC(=O)OC(C)(C)C.I. The number of ether oxygens (including phenoxy) is 1. The number of alkyl carbamates (subject to hydrolysis) is 1. The second-order valence-corrected chi connectivity index (χ2v) is 8.68. The molecule has 2 heterocycles. The first-order chi connectivity index (χ1) is 13.6. The Bertz CT molecular complexity index is 723. The maximum absolute atomic E-state index is 12.3. The Labute approximate surface area is 197 Å². The number of hydrogen-bond acceptors (Lipinski definition) is 5. The van der Waals surface area contributed by atoms with Crippen molar-refractivity contribution >= 4 is 36.0 Å². The Morgan fingerprint density at radius 2 is 1.97 bits per heavy atom. The molecule has 3 N–H and O–H groups in total. The minimum atomic E-state index is -0.526. The maximum Gasteiger partial charge on any atom is 0.408 e. The van der Waals surface area contributed by atoms with Gasteiger partial charge in [0.25, 0.3) is 0 Å². The highest BCUT2D eigenvalue weighted by molar-refractivity contribution is 14.0. The van der Waals surface area contributed by atoms with Crippen LogP contribution in [-0.2, 0) is 17.7 Å². The van der Waals surface area contributed by atoms with Crippen LogP contribution >= 0.6 is 24.0 Å². The highest BCUT2D eigenvalue weighted by atomic mass is 127. The van der Waals surface area contributed by atoms with E-state index < -0.39 is 17.2 Å². The quantitative estimate of drug-likeness (QED) is 0.294. The third kappa shape index (κ3) is 7.59. The zero-order chi connectivity index (χ0) is 21.7. The molecule has 0 spiro atoms. The van der Waals surface area contributed by atoms with Crippen LogP contribution in [0.5, 0.6) is 0 Å². The topological polar surface area (TPSA) is 105 Å². The van der Waals surface area contributed by atoms with Crippen LogP contribution < -0.4 is 16.0 Å². The summed E-state index contributed by atoms with van der Waals surface area (Å²) >= 11 is 0. The van der Waals surface area contributed by atoms with Crippen molar-refractivity contribution in [3.8, 4) is 0 Å². The van der Waals surface area contributed by atoms with E-state index in [2.05, 4.69) is 44.9 Å². The highest BCUT2D eigenvalue weighted by Crippen LogP contribution is 2.17. The van der Waals surface area contributed by atoms with Crippen LogP contribution in [0.4, 0.5) is 4.79 Å². The normalized spacial score (nSPS) is 16.9. The molecule has 0 aliphatic carbocycles. The number of carbonyl (C=O) groups is 1. The van der Waals surface area contributed by atoms with Gasteiger partial charge in [-0.25, -0.2) is 14.5 Å². The van der Waals surface area contributed by atoms with Gasteiger partial charge in [-0.15, -0.1) is 24.0 Å². The second kappa shape index (κ2) is 11.1. The molecule has 172 valence electrons. The van der Waals surface area contributed by atoms with E-state index in [0.29, 0.717) is 12.5 Å². The zero-order valence-corrected chi connectivity index (χ0v) is 21.7. The number of nitrogens with one attached hydrogen (secondary N) is 3. The summed E-state index contributed by atoms with van der Waals surface area (Å²) in [6.07, 6.45) is 3.02. The van der Waals surface area contributed by atoms with Crippen molar-refractivity contribution in [1.82, 2.24) is 30.7 Å². The number of aliphatic imine (C=N–C) groups is 1. The van der Waals surface area contributed by atoms with E-state index in [0.717, 1.165) is 43.9 Å². The monoisotopic (exact) mass is 535 g/mol. The van der Waals surface area contributed by atoms with Crippen LogP contribution in [-0.4, -0.2) is 57.6 Å². The predicted octanol–water partition coefficient (Wildman–Crippen LogP) is 2.77. The Morgan fingerprint density at radius 1 is 1.30 bits per heavy atom. The second-order valence-electron chi connectivity index (χ2n) is 8.68. The van der Waals surface area contributed by atoms with E-state index in [9.17, 15) is 4.79 Å². The van der Waals surface area contributed by atoms with Crippen molar-refractivity contribution < 1.29 is 9.53 Å². The van der Waals surface area contributed by atoms with Gasteiger partial charge in [-0.2, -0.15) is 5.10 Å². The van der Waals surface area contributed by atoms with Gasteiger partial charge in [0.2, 0.25) is 0 Å². The number of guanidine groups is 1. The van der Waals surface area contributed by atoms with Gasteiger partial charge in [-0.1, -0.05) is 13.8 Å². The summed E-state index contributed by atoms with van der Waals surface area (Å²) in [4.78, 5) is 21.1. The van der Waals surface area contributed by atoms with Crippen LogP contribution in [0.15, 0.2) is 4.99 Å². The van der Waals surface area contributed by atoms with Crippen molar-refractivity contribution in [3.63, 3.8) is 0 Å². The third-order valence-electron chi connectivity index (χ3n) is 5.24. The summed E-state index contributed by atoms with van der Waals surface area (Å²) in [6.45, 7) is 13.0. The standard InChI is InChI=1S/C20H37N7O2.HI/c1-8-20(9-2,25-18(28)29-19(4,5)6)13-22-17(21-7)24-15-10-11-16-23-14(3)26-27(16)12-15;/h15H,8-13H2,1-7H3,(H,25,28)(H2,21,22,24);1H. The summed E-state index contributed by atoms with van der Waals surface area (Å²) < 4.78 is 7.42. The smallest absolute Gasteiger partial charge is 0.408 e. The Kier molecular flexibility index (Phi) is 9.83. The van der Waals surface area contributed by atoms with Gasteiger partial charge in [0.15, 0.2) is 5.96 Å². The van der Waals surface area contributed by atoms with Gasteiger partial charge in [-0.3, -0.25) is 4.99 Å². The minimum Gasteiger partial charge on any atom is -0.444 e. The molecule has 0 radical (unpaired) electrons. The summed E-state index contributed by atoms with van der Waals surface area (Å²) in [7, 11) is 1.75. The lowest BCUT2D eigenvalue weighted by atomic mass is 9.93. The minimum absolute atomic E-state index is 0. The molecule has 9 nitrogen and oxygen atoms in total. The number of nitrogens with zero attached hydrogens (tertiary/aromatic N) is 4. The number of rotatable bonds is 6. The molecule has 0 fully saturated rings. The van der Waals surface area contributed by atoms with Crippen LogP contribution in [0.3, 0.4) is 0 Å². The van der Waals surface area contributed by atoms with Gasteiger partial charge < -0.3 is 20.7 Å². The number of amides is 1. The fraction of sp³-hybridized carbons (Fsp3) is 0.800. The van der Waals surface area contributed by atoms with Crippen molar-refractivity contribution in [1.29, 1.82) is 0 Å². The van der Waals surface area contributed by atoms with Crippen LogP contribution in [0.1, 0.15) is 65.5 Å². The Hall–Kier alpha value is -1.59.